The van der Waals surface area contributed by atoms with E-state index in [1.807, 2.05) is 0 Å². The zero-order valence-electron chi connectivity index (χ0n) is 11.3. The monoisotopic (exact) mass is 306 g/mol. The van der Waals surface area contributed by atoms with Crippen LogP contribution in [0.2, 0.25) is 5.02 Å². The SMILES string of the molecule is O=c1[nH]c(C2CCOCC2)nc(O)c1-c1ccc(Cl)cc1. The molecular weight excluding hydrogens is 292 g/mol. The number of nitrogens with zero attached hydrogens (tertiary/aromatic N) is 1. The predicted octanol–water partition coefficient (Wildman–Crippen LogP) is 2.69. The van der Waals surface area contributed by atoms with Crippen LogP contribution in [0.4, 0.5) is 0 Å². The summed E-state index contributed by atoms with van der Waals surface area (Å²) in [5, 5.41) is 10.7. The van der Waals surface area contributed by atoms with Crippen LogP contribution < -0.4 is 5.56 Å². The second kappa shape index (κ2) is 5.87. The van der Waals surface area contributed by atoms with Gasteiger partial charge >= 0.3 is 0 Å². The molecule has 2 heterocycles. The van der Waals surface area contributed by atoms with Crippen molar-refractivity contribution in [1.82, 2.24) is 9.97 Å². The van der Waals surface area contributed by atoms with Gasteiger partial charge in [-0.25, -0.2) is 0 Å². The molecule has 3 rings (SSSR count). The van der Waals surface area contributed by atoms with Gasteiger partial charge in [0.15, 0.2) is 0 Å². The van der Waals surface area contributed by atoms with Crippen molar-refractivity contribution < 1.29 is 9.84 Å². The Bertz CT molecular complexity index is 691. The highest BCUT2D eigenvalue weighted by atomic mass is 35.5. The maximum Gasteiger partial charge on any atom is 0.262 e. The number of hydrogen-bond donors (Lipinski definition) is 2. The summed E-state index contributed by atoms with van der Waals surface area (Å²) in [7, 11) is 0. The van der Waals surface area contributed by atoms with E-state index in [2.05, 4.69) is 9.97 Å². The molecule has 1 aromatic heterocycles. The number of ether oxygens (including phenoxy) is 1. The normalized spacial score (nSPS) is 16.0. The molecule has 0 aliphatic carbocycles. The van der Waals surface area contributed by atoms with Crippen molar-refractivity contribution in [2.24, 2.45) is 0 Å². The summed E-state index contributed by atoms with van der Waals surface area (Å²) in [6, 6.07) is 6.70. The van der Waals surface area contributed by atoms with Crippen LogP contribution in [0.3, 0.4) is 0 Å². The van der Waals surface area contributed by atoms with E-state index in [1.54, 1.807) is 24.3 Å². The first-order chi connectivity index (χ1) is 10.1. The van der Waals surface area contributed by atoms with E-state index in [-0.39, 0.29) is 22.9 Å². The molecule has 0 bridgehead atoms. The van der Waals surface area contributed by atoms with Crippen LogP contribution in [0, 0.1) is 0 Å². The summed E-state index contributed by atoms with van der Waals surface area (Å²) in [5.41, 5.74) is 0.415. The number of H-pyrrole nitrogens is 1. The van der Waals surface area contributed by atoms with Gasteiger partial charge in [-0.05, 0) is 30.5 Å². The highest BCUT2D eigenvalue weighted by molar-refractivity contribution is 6.30. The Morgan fingerprint density at radius 1 is 1.24 bits per heavy atom. The molecule has 0 saturated carbocycles. The van der Waals surface area contributed by atoms with Gasteiger partial charge in [0.05, 0.1) is 0 Å². The maximum absolute atomic E-state index is 12.3. The van der Waals surface area contributed by atoms with Crippen molar-refractivity contribution >= 4 is 11.6 Å². The van der Waals surface area contributed by atoms with Crippen LogP contribution in [-0.4, -0.2) is 28.3 Å². The van der Waals surface area contributed by atoms with Crippen molar-refractivity contribution in [3.63, 3.8) is 0 Å². The van der Waals surface area contributed by atoms with Gasteiger partial charge in [0, 0.05) is 24.2 Å². The van der Waals surface area contributed by atoms with E-state index >= 15 is 0 Å². The summed E-state index contributed by atoms with van der Waals surface area (Å²) >= 11 is 5.83. The average Bonchev–Trinajstić information content (AvgIpc) is 2.49. The van der Waals surface area contributed by atoms with Crippen molar-refractivity contribution in [2.75, 3.05) is 13.2 Å². The third-order valence-electron chi connectivity index (χ3n) is 3.66. The van der Waals surface area contributed by atoms with Crippen LogP contribution in [0.1, 0.15) is 24.6 Å². The fourth-order valence-electron chi connectivity index (χ4n) is 2.52. The molecule has 0 unspecified atom stereocenters. The van der Waals surface area contributed by atoms with Crippen molar-refractivity contribution in [3.05, 3.63) is 45.5 Å². The Kier molecular flexibility index (Phi) is 3.94. The molecule has 0 radical (unpaired) electrons. The number of rotatable bonds is 2. The van der Waals surface area contributed by atoms with Crippen molar-refractivity contribution in [3.8, 4) is 17.0 Å². The number of halogens is 1. The molecule has 1 fully saturated rings. The highest BCUT2D eigenvalue weighted by Crippen LogP contribution is 2.28. The summed E-state index contributed by atoms with van der Waals surface area (Å²) in [6.45, 7) is 1.29. The molecule has 110 valence electrons. The van der Waals surface area contributed by atoms with E-state index in [4.69, 9.17) is 16.3 Å². The third-order valence-corrected chi connectivity index (χ3v) is 3.91. The lowest BCUT2D eigenvalue weighted by molar-refractivity contribution is 0.0834. The summed E-state index contributed by atoms with van der Waals surface area (Å²) in [5.74, 6) is 0.401. The fourth-order valence-corrected chi connectivity index (χ4v) is 2.65. The van der Waals surface area contributed by atoms with Crippen LogP contribution in [0.15, 0.2) is 29.1 Å². The minimum atomic E-state index is -0.341. The van der Waals surface area contributed by atoms with Gasteiger partial charge in [0.2, 0.25) is 5.88 Å². The van der Waals surface area contributed by atoms with E-state index < -0.39 is 0 Å². The smallest absolute Gasteiger partial charge is 0.262 e. The summed E-state index contributed by atoms with van der Waals surface area (Å²) < 4.78 is 5.29. The topological polar surface area (TPSA) is 75.2 Å². The lowest BCUT2D eigenvalue weighted by atomic mass is 9.99. The van der Waals surface area contributed by atoms with Crippen LogP contribution in [0.5, 0.6) is 5.88 Å². The molecule has 1 aromatic carbocycles. The maximum atomic E-state index is 12.3. The number of benzene rings is 1. The molecule has 1 saturated heterocycles. The molecule has 0 atom stereocenters. The van der Waals surface area contributed by atoms with E-state index in [0.717, 1.165) is 12.8 Å². The Morgan fingerprint density at radius 3 is 2.52 bits per heavy atom. The number of aromatic hydroxyl groups is 1. The van der Waals surface area contributed by atoms with Gasteiger partial charge in [-0.1, -0.05) is 23.7 Å². The first-order valence-corrected chi connectivity index (χ1v) is 7.20. The standard InChI is InChI=1S/C15H15ClN2O3/c16-11-3-1-9(2-4-11)12-14(19)17-13(18-15(12)20)10-5-7-21-8-6-10/h1-4,10H,5-8H2,(H2,17,18,19,20). The van der Waals surface area contributed by atoms with Gasteiger partial charge in [-0.15, -0.1) is 0 Å². The van der Waals surface area contributed by atoms with Crippen molar-refractivity contribution in [2.45, 2.75) is 18.8 Å². The zero-order chi connectivity index (χ0) is 14.8. The van der Waals surface area contributed by atoms with Crippen LogP contribution in [-0.2, 0) is 4.74 Å². The minimum Gasteiger partial charge on any atom is -0.493 e. The summed E-state index contributed by atoms with van der Waals surface area (Å²) in [6.07, 6.45) is 1.59. The number of hydrogen-bond acceptors (Lipinski definition) is 4. The van der Waals surface area contributed by atoms with Gasteiger partial charge in [-0.3, -0.25) is 4.79 Å². The Labute approximate surface area is 126 Å². The van der Waals surface area contributed by atoms with E-state index in [0.29, 0.717) is 29.6 Å². The lowest BCUT2D eigenvalue weighted by Crippen LogP contribution is -2.21. The third kappa shape index (κ3) is 2.94. The zero-order valence-corrected chi connectivity index (χ0v) is 12.1. The fraction of sp³-hybridized carbons (Fsp3) is 0.333. The van der Waals surface area contributed by atoms with Crippen molar-refractivity contribution in [1.29, 1.82) is 0 Å². The predicted molar refractivity (Wildman–Crippen MR) is 79.8 cm³/mol. The molecular formula is C15H15ClN2O3. The molecule has 21 heavy (non-hydrogen) atoms. The Hall–Kier alpha value is -1.85. The molecule has 2 N–H and O–H groups in total. The second-order valence-corrected chi connectivity index (χ2v) is 5.48. The first-order valence-electron chi connectivity index (χ1n) is 6.82. The van der Waals surface area contributed by atoms with Gasteiger partial charge < -0.3 is 14.8 Å². The highest BCUT2D eigenvalue weighted by Gasteiger charge is 2.21. The Morgan fingerprint density at radius 2 is 1.90 bits per heavy atom. The molecule has 6 heteroatoms. The quantitative estimate of drug-likeness (QED) is 0.894. The minimum absolute atomic E-state index is 0.122. The molecule has 0 amide bonds. The van der Waals surface area contributed by atoms with Gasteiger partial charge in [-0.2, -0.15) is 4.98 Å². The largest absolute Gasteiger partial charge is 0.493 e. The second-order valence-electron chi connectivity index (χ2n) is 5.04. The lowest BCUT2D eigenvalue weighted by Gasteiger charge is -2.21. The summed E-state index contributed by atoms with van der Waals surface area (Å²) in [4.78, 5) is 19.2. The molecule has 0 spiro atoms. The number of nitrogens with one attached hydrogen (secondary N) is 1. The molecule has 1 aliphatic rings. The number of aromatic amines is 1. The molecule has 5 nitrogen and oxygen atoms in total. The van der Waals surface area contributed by atoms with E-state index in [9.17, 15) is 9.90 Å². The molecule has 1 aliphatic heterocycles. The molecule has 2 aromatic rings. The van der Waals surface area contributed by atoms with Crippen LogP contribution in [0.25, 0.3) is 11.1 Å². The van der Waals surface area contributed by atoms with E-state index in [1.165, 1.54) is 0 Å². The van der Waals surface area contributed by atoms with Gasteiger partial charge in [0.25, 0.3) is 5.56 Å². The first kappa shape index (κ1) is 14.1. The Balaban J connectivity index is 2.00. The van der Waals surface area contributed by atoms with Crippen LogP contribution >= 0.6 is 11.6 Å². The average molecular weight is 307 g/mol. The van der Waals surface area contributed by atoms with Gasteiger partial charge in [0.1, 0.15) is 11.4 Å². The number of aromatic nitrogens is 2.